The number of benzene rings is 3. The van der Waals surface area contributed by atoms with Crippen molar-refractivity contribution in [2.45, 2.75) is 279 Å². The quantitative estimate of drug-likeness (QED) is 0.0246. The lowest BCUT2D eigenvalue weighted by atomic mass is 9.94. The minimum atomic E-state index is -2.12. The van der Waals surface area contributed by atoms with Crippen molar-refractivity contribution in [3.8, 4) is 17.2 Å². The molecule has 2 unspecified atom stereocenters. The summed E-state index contributed by atoms with van der Waals surface area (Å²) in [7, 11) is -2.12. The van der Waals surface area contributed by atoms with Crippen LogP contribution in [0.15, 0.2) is 24.3 Å². The van der Waals surface area contributed by atoms with Gasteiger partial charge in [-0.05, 0) is 138 Å². The SMILES string of the molecule is CCCCCCCCCCC(CCCCCCCC)COc1c2cc(C)c(I)cc2c(OCC(CCCCCCCC)CCCCCCCCCC)c2cc(O[Si](C)(C)C(C)(C)C)c(I)cc12. The monoisotopic (exact) mass is 1170 g/mol. The molecule has 0 bridgehead atoms. The number of fused-ring (bicyclic) bond motifs is 2. The highest BCUT2D eigenvalue weighted by molar-refractivity contribution is 14.1. The molecule has 0 aliphatic heterocycles. The second-order valence-corrected chi connectivity index (χ2v) is 29.5. The molecule has 0 aromatic heterocycles. The lowest BCUT2D eigenvalue weighted by molar-refractivity contribution is 0.225. The normalized spacial score (nSPS) is 13.2. The van der Waals surface area contributed by atoms with E-state index in [1.165, 1.54) is 231 Å². The first-order chi connectivity index (χ1) is 32.3. The zero-order valence-electron chi connectivity index (χ0n) is 45.5. The van der Waals surface area contributed by atoms with Crippen LogP contribution in [0.3, 0.4) is 0 Å². The average molecular weight is 1170 g/mol. The first kappa shape index (κ1) is 60.6. The molecule has 67 heavy (non-hydrogen) atoms. The molecular formula is C61H104I2O3Si. The molecule has 0 spiro atoms. The average Bonchev–Trinajstić information content (AvgIpc) is 3.28. The molecule has 6 heteroatoms. The van der Waals surface area contributed by atoms with E-state index in [9.17, 15) is 0 Å². The lowest BCUT2D eigenvalue weighted by Crippen LogP contribution is -2.44. The van der Waals surface area contributed by atoms with Crippen molar-refractivity contribution in [3.63, 3.8) is 0 Å². The van der Waals surface area contributed by atoms with E-state index in [4.69, 9.17) is 13.9 Å². The molecule has 3 rings (SSSR count). The Hall–Kier alpha value is -0.743. The van der Waals surface area contributed by atoms with E-state index >= 15 is 0 Å². The number of halogens is 2. The molecule has 0 aliphatic carbocycles. The Morgan fingerprint density at radius 3 is 1.07 bits per heavy atom. The fraction of sp³-hybridized carbons (Fsp3) is 0.770. The third-order valence-corrected chi connectivity index (χ3v) is 21.7. The second-order valence-electron chi connectivity index (χ2n) is 22.5. The Bertz CT molecular complexity index is 1760. The fourth-order valence-electron chi connectivity index (χ4n) is 9.68. The molecule has 2 atom stereocenters. The summed E-state index contributed by atoms with van der Waals surface area (Å²) >= 11 is 5.09. The summed E-state index contributed by atoms with van der Waals surface area (Å²) in [4.78, 5) is 0. The Balaban J connectivity index is 2.05. The second kappa shape index (κ2) is 34.6. The highest BCUT2D eigenvalue weighted by atomic mass is 127. The predicted molar refractivity (Wildman–Crippen MR) is 318 cm³/mol. The molecule has 3 aromatic rings. The Morgan fingerprint density at radius 1 is 0.433 bits per heavy atom. The molecule has 384 valence electrons. The first-order valence-corrected chi connectivity index (χ1v) is 33.7. The zero-order chi connectivity index (χ0) is 48.9. The number of ether oxygens (including phenoxy) is 2. The van der Waals surface area contributed by atoms with Gasteiger partial charge in [-0.15, -0.1) is 0 Å². The molecule has 0 radical (unpaired) electrons. The van der Waals surface area contributed by atoms with Gasteiger partial charge in [0, 0.05) is 25.1 Å². The first-order valence-electron chi connectivity index (χ1n) is 28.6. The zero-order valence-corrected chi connectivity index (χ0v) is 50.8. The summed E-state index contributed by atoms with van der Waals surface area (Å²) in [5.74, 6) is 4.19. The highest BCUT2D eigenvalue weighted by Gasteiger charge is 2.39. The molecule has 3 aromatic carbocycles. The van der Waals surface area contributed by atoms with Crippen LogP contribution in [0, 0.1) is 25.9 Å². The van der Waals surface area contributed by atoms with Crippen molar-refractivity contribution in [1.29, 1.82) is 0 Å². The topological polar surface area (TPSA) is 27.7 Å². The van der Waals surface area contributed by atoms with E-state index in [0.717, 1.165) is 39.4 Å². The van der Waals surface area contributed by atoms with Gasteiger partial charge in [0.05, 0.1) is 16.8 Å². The molecular weight excluding hydrogens is 1060 g/mol. The van der Waals surface area contributed by atoms with E-state index in [1.54, 1.807) is 0 Å². The molecule has 0 aliphatic rings. The van der Waals surface area contributed by atoms with Gasteiger partial charge in [-0.2, -0.15) is 0 Å². The summed E-state index contributed by atoms with van der Waals surface area (Å²) < 4.78 is 24.3. The van der Waals surface area contributed by atoms with Crippen LogP contribution in [0.1, 0.15) is 259 Å². The molecule has 0 amide bonds. The van der Waals surface area contributed by atoms with Crippen molar-refractivity contribution in [2.24, 2.45) is 11.8 Å². The number of unbranched alkanes of at least 4 members (excludes halogenated alkanes) is 24. The van der Waals surface area contributed by atoms with E-state index in [2.05, 4.69) is 138 Å². The van der Waals surface area contributed by atoms with E-state index in [0.29, 0.717) is 11.8 Å². The third-order valence-electron chi connectivity index (χ3n) is 15.3. The van der Waals surface area contributed by atoms with Gasteiger partial charge in [-0.25, -0.2) is 0 Å². The predicted octanol–water partition coefficient (Wildman–Crippen LogP) is 22.4. The molecule has 0 saturated heterocycles. The minimum Gasteiger partial charge on any atom is -0.543 e. The van der Waals surface area contributed by atoms with Crippen molar-refractivity contribution in [3.05, 3.63) is 37.0 Å². The largest absolute Gasteiger partial charge is 0.543 e. The molecule has 0 saturated carbocycles. The molecule has 3 nitrogen and oxygen atoms in total. The summed E-state index contributed by atoms with van der Waals surface area (Å²) in [5.41, 5.74) is 1.30. The Labute approximate surface area is 443 Å². The smallest absolute Gasteiger partial charge is 0.250 e. The van der Waals surface area contributed by atoms with Gasteiger partial charge in [0.25, 0.3) is 8.32 Å². The van der Waals surface area contributed by atoms with Gasteiger partial charge < -0.3 is 13.9 Å². The number of hydrogen-bond donors (Lipinski definition) is 0. The van der Waals surface area contributed by atoms with Gasteiger partial charge in [0.1, 0.15) is 17.2 Å². The van der Waals surface area contributed by atoms with E-state index in [1.807, 2.05) is 0 Å². The van der Waals surface area contributed by atoms with Crippen LogP contribution in [-0.2, 0) is 0 Å². The maximum Gasteiger partial charge on any atom is 0.250 e. The number of hydrogen-bond acceptors (Lipinski definition) is 3. The van der Waals surface area contributed by atoms with Crippen molar-refractivity contribution >= 4 is 75.0 Å². The van der Waals surface area contributed by atoms with Crippen LogP contribution in [0.25, 0.3) is 21.5 Å². The van der Waals surface area contributed by atoms with Crippen LogP contribution < -0.4 is 13.9 Å². The molecule has 0 fully saturated rings. The van der Waals surface area contributed by atoms with Gasteiger partial charge >= 0.3 is 0 Å². The van der Waals surface area contributed by atoms with Crippen LogP contribution in [0.4, 0.5) is 0 Å². The summed E-state index contributed by atoms with van der Waals surface area (Å²) in [5, 5.41) is 4.82. The molecule has 0 heterocycles. The highest BCUT2D eigenvalue weighted by Crippen LogP contribution is 2.48. The van der Waals surface area contributed by atoms with Gasteiger partial charge in [0.15, 0.2) is 0 Å². The maximum absolute atomic E-state index is 7.38. The van der Waals surface area contributed by atoms with Gasteiger partial charge in [-0.1, -0.05) is 228 Å². The molecule has 0 N–H and O–H groups in total. The van der Waals surface area contributed by atoms with Crippen molar-refractivity contribution < 1.29 is 13.9 Å². The summed E-state index contributed by atoms with van der Waals surface area (Å²) in [6.07, 6.45) is 43.0. The Morgan fingerprint density at radius 2 is 0.731 bits per heavy atom. The fourth-order valence-corrected chi connectivity index (χ4v) is 12.0. The van der Waals surface area contributed by atoms with Gasteiger partial charge in [-0.3, -0.25) is 0 Å². The maximum atomic E-state index is 7.38. The van der Waals surface area contributed by atoms with Crippen LogP contribution >= 0.6 is 45.2 Å². The summed E-state index contributed by atoms with van der Waals surface area (Å²) in [6, 6.07) is 9.53. The van der Waals surface area contributed by atoms with E-state index < -0.39 is 8.32 Å². The van der Waals surface area contributed by atoms with Crippen molar-refractivity contribution in [2.75, 3.05) is 13.2 Å². The number of aryl methyl sites for hydroxylation is 1. The van der Waals surface area contributed by atoms with Crippen LogP contribution in [0.5, 0.6) is 17.2 Å². The standard InChI is InChI=1S/C61H104I2O3Si/c1-11-15-19-23-27-29-33-37-41-50(39-35-31-25-21-17-13-3)47-64-59-52-43-49(5)56(62)44-53(52)60(55-46-58(57(63)45-54(55)59)66-67(9,10)61(6,7)8)65-48-51(40-36-32-26-22-18-14-4)42-38-34-30-28-24-20-16-12-2/h43-46,50-51H,11-42,47-48H2,1-10H3. The van der Waals surface area contributed by atoms with Crippen molar-refractivity contribution in [1.82, 2.24) is 0 Å². The summed E-state index contributed by atoms with van der Waals surface area (Å²) in [6.45, 7) is 24.9. The lowest BCUT2D eigenvalue weighted by Gasteiger charge is -2.37. The van der Waals surface area contributed by atoms with Crippen LogP contribution in [-0.4, -0.2) is 21.5 Å². The van der Waals surface area contributed by atoms with Gasteiger partial charge in [0.2, 0.25) is 0 Å². The number of rotatable bonds is 40. The van der Waals surface area contributed by atoms with E-state index in [-0.39, 0.29) is 5.04 Å². The van der Waals surface area contributed by atoms with Crippen LogP contribution in [0.2, 0.25) is 18.1 Å². The minimum absolute atomic E-state index is 0.0923. The third kappa shape index (κ3) is 22.7. The Kier molecular flexibility index (Phi) is 31.3.